The van der Waals surface area contributed by atoms with Crippen molar-refractivity contribution < 1.29 is 70.9 Å². The van der Waals surface area contributed by atoms with Crippen LogP contribution in [-0.2, 0) is 4.46 Å². The van der Waals surface area contributed by atoms with Crippen LogP contribution in [-0.4, -0.2) is 14.6 Å². The van der Waals surface area contributed by atoms with Gasteiger partial charge in [-0.3, -0.25) is 0 Å². The summed E-state index contributed by atoms with van der Waals surface area (Å²) >= 11 is 0. The van der Waals surface area contributed by atoms with Crippen molar-refractivity contribution in [3.63, 3.8) is 0 Å². The summed E-state index contributed by atoms with van der Waals surface area (Å²) in [6.45, 7) is 0. The summed E-state index contributed by atoms with van der Waals surface area (Å²) in [5, 5.41) is 0. The first-order valence-electron chi connectivity index (χ1n) is 0.612. The van der Waals surface area contributed by atoms with Gasteiger partial charge in [0.25, 0.3) is 0 Å². The van der Waals surface area contributed by atoms with Gasteiger partial charge in [0, 0.05) is 9.17 Å². The van der Waals surface area contributed by atoms with E-state index in [0.717, 1.165) is 0 Å². The van der Waals surface area contributed by atoms with Gasteiger partial charge in [-0.1, -0.05) is 0 Å². The molecule has 0 saturated carbocycles. The zero-order valence-corrected chi connectivity index (χ0v) is 7.35. The Balaban J connectivity index is -0.0000000450. The van der Waals surface area contributed by atoms with Crippen LogP contribution in [0, 0.1) is 0 Å². The quantitative estimate of drug-likeness (QED) is 0.307. The van der Waals surface area contributed by atoms with Gasteiger partial charge in [-0.2, -0.15) is 0 Å². The van der Waals surface area contributed by atoms with Gasteiger partial charge in [-0.15, -0.1) is 0 Å². The summed E-state index contributed by atoms with van der Waals surface area (Å²) in [6.07, 6.45) is 0. The van der Waals surface area contributed by atoms with E-state index >= 15 is 0 Å². The van der Waals surface area contributed by atoms with Crippen LogP contribution in [0.3, 0.4) is 0 Å². The molecule has 6 heavy (non-hydrogen) atoms. The van der Waals surface area contributed by atoms with Crippen LogP contribution in [0.25, 0.3) is 0 Å². The molecule has 0 fully saturated rings. The van der Waals surface area contributed by atoms with Gasteiger partial charge in [0.05, 0.1) is 0 Å². The van der Waals surface area contributed by atoms with Crippen molar-refractivity contribution in [3.8, 4) is 0 Å². The Morgan fingerprint density at radius 2 is 1.33 bits per heavy atom. The van der Waals surface area contributed by atoms with Crippen molar-refractivity contribution in [2.24, 2.45) is 0 Å². The first-order valence-corrected chi connectivity index (χ1v) is 1.84. The standard InChI is InChI=1S/K.O3Si.H2O/c;1-4(2)3;/h;;1H2/q+1;-2;. The summed E-state index contributed by atoms with van der Waals surface area (Å²) in [7, 11) is -3.63. The molecule has 0 aliphatic carbocycles. The molecule has 0 amide bonds. The van der Waals surface area contributed by atoms with Gasteiger partial charge in [0.15, 0.2) is 0 Å². The van der Waals surface area contributed by atoms with Gasteiger partial charge in [-0.25, -0.2) is 0 Å². The Morgan fingerprint density at radius 3 is 1.33 bits per heavy atom. The molecule has 0 saturated heterocycles. The molecule has 0 aliphatic heterocycles. The molecule has 4 nitrogen and oxygen atoms in total. The minimum Gasteiger partial charge on any atom is -0.672 e. The van der Waals surface area contributed by atoms with Crippen molar-refractivity contribution in [3.05, 3.63) is 0 Å². The van der Waals surface area contributed by atoms with Gasteiger partial charge in [-0.05, 0) is 0 Å². The second kappa shape index (κ2) is 9.51. The molecule has 32 valence electrons. The second-order valence-electron chi connectivity index (χ2n) is 0.250. The summed E-state index contributed by atoms with van der Waals surface area (Å²) in [4.78, 5) is 17.0. The normalized spacial score (nSPS) is 4.00. The average Bonchev–Trinajstić information content (AvgIpc) is 0.811. The molecule has 0 heterocycles. The molecule has 0 aromatic heterocycles. The van der Waals surface area contributed by atoms with Crippen molar-refractivity contribution in [2.45, 2.75) is 0 Å². The van der Waals surface area contributed by atoms with Crippen LogP contribution >= 0.6 is 0 Å². The van der Waals surface area contributed by atoms with Crippen molar-refractivity contribution >= 4 is 9.17 Å². The third kappa shape index (κ3) is 62.9. The fraction of sp³-hybridized carbons (Fsp3) is 0. The van der Waals surface area contributed by atoms with Gasteiger partial charge in [0.1, 0.15) is 0 Å². The molecule has 0 unspecified atom stereocenters. The van der Waals surface area contributed by atoms with Crippen LogP contribution in [0.1, 0.15) is 0 Å². The molecule has 0 rings (SSSR count). The van der Waals surface area contributed by atoms with Crippen molar-refractivity contribution in [2.75, 3.05) is 0 Å². The van der Waals surface area contributed by atoms with Crippen LogP contribution in [0.4, 0.5) is 0 Å². The summed E-state index contributed by atoms with van der Waals surface area (Å²) < 4.78 is 8.52. The molecule has 2 N–H and O–H groups in total. The Hall–Kier alpha value is 1.21. The zero-order valence-electron chi connectivity index (χ0n) is 3.22. The summed E-state index contributed by atoms with van der Waals surface area (Å²) in [6, 6.07) is 0. The maximum Gasteiger partial charge on any atom is 1.00 e. The van der Waals surface area contributed by atoms with Gasteiger partial charge < -0.3 is 19.5 Å². The fourth-order valence-electron chi connectivity index (χ4n) is 0. The molecule has 0 atom stereocenters. The maximum atomic E-state index is 8.52. The predicted molar refractivity (Wildman–Crippen MR) is 10.1 cm³/mol. The molecular formula is H2KO4Si-. The maximum absolute atomic E-state index is 8.52. The van der Waals surface area contributed by atoms with Crippen LogP contribution in [0.5, 0.6) is 0 Å². The van der Waals surface area contributed by atoms with E-state index in [1.807, 2.05) is 0 Å². The first kappa shape index (κ1) is 15.7. The molecule has 0 radical (unpaired) electrons. The molecule has 0 aliphatic rings. The third-order valence-corrected chi connectivity index (χ3v) is 0. The summed E-state index contributed by atoms with van der Waals surface area (Å²) in [5.74, 6) is 0. The van der Waals surface area contributed by atoms with E-state index in [1.165, 1.54) is 0 Å². The van der Waals surface area contributed by atoms with E-state index in [4.69, 9.17) is 14.1 Å². The molecule has 6 heteroatoms. The van der Waals surface area contributed by atoms with Gasteiger partial charge in [0.2, 0.25) is 0 Å². The monoisotopic (exact) mass is 133 g/mol. The predicted octanol–water partition coefficient (Wildman–Crippen LogP) is -6.70. The summed E-state index contributed by atoms with van der Waals surface area (Å²) in [5.41, 5.74) is 0. The number of rotatable bonds is 0. The average molecular weight is 133 g/mol. The third-order valence-electron chi connectivity index (χ3n) is 0. The molecule has 0 spiro atoms. The van der Waals surface area contributed by atoms with Crippen molar-refractivity contribution in [1.29, 1.82) is 0 Å². The van der Waals surface area contributed by atoms with E-state index < -0.39 is 9.17 Å². The smallest absolute Gasteiger partial charge is 0.672 e. The van der Waals surface area contributed by atoms with Crippen LogP contribution < -0.4 is 61.0 Å². The van der Waals surface area contributed by atoms with E-state index in [2.05, 4.69) is 0 Å². The molecule has 0 bridgehead atoms. The largest absolute Gasteiger partial charge is 1.00 e. The Morgan fingerprint density at radius 1 is 1.33 bits per heavy atom. The number of hydrogen-bond donors (Lipinski definition) is 0. The minimum atomic E-state index is -3.63. The molecule has 0 aromatic rings. The zero-order chi connectivity index (χ0) is 3.58. The van der Waals surface area contributed by atoms with E-state index in [9.17, 15) is 0 Å². The van der Waals surface area contributed by atoms with E-state index in [1.54, 1.807) is 0 Å². The van der Waals surface area contributed by atoms with Crippen LogP contribution in [0.2, 0.25) is 0 Å². The van der Waals surface area contributed by atoms with Gasteiger partial charge >= 0.3 is 51.4 Å². The fourth-order valence-corrected chi connectivity index (χ4v) is 0. The Bertz CT molecular complexity index is 30.5. The minimum absolute atomic E-state index is 0. The molecule has 0 aromatic carbocycles. The van der Waals surface area contributed by atoms with E-state index in [-0.39, 0.29) is 56.9 Å². The Labute approximate surface area is 78.8 Å². The number of hydrogen-bond acceptors (Lipinski definition) is 3. The molecular weight excluding hydrogens is 131 g/mol. The first-order chi connectivity index (χ1) is 1.73. The van der Waals surface area contributed by atoms with E-state index in [0.29, 0.717) is 0 Å². The topological polar surface area (TPSA) is 94.7 Å². The van der Waals surface area contributed by atoms with Crippen molar-refractivity contribution in [1.82, 2.24) is 0 Å². The van der Waals surface area contributed by atoms with Crippen LogP contribution in [0.15, 0.2) is 0 Å². The Kier molecular flexibility index (Phi) is 24.9. The second-order valence-corrected chi connectivity index (χ2v) is 0.750. The SMILES string of the molecule is O.O=[Si]([O-])[O-].[K+].